The molecule has 0 bridgehead atoms. The van der Waals surface area contributed by atoms with Crippen LogP contribution in [0.5, 0.6) is 5.75 Å². The molecule has 0 spiro atoms. The van der Waals surface area contributed by atoms with Gasteiger partial charge in [-0.1, -0.05) is 47.6 Å². The highest BCUT2D eigenvalue weighted by molar-refractivity contribution is 5.77. The van der Waals surface area contributed by atoms with Gasteiger partial charge in [-0.2, -0.15) is 0 Å². The highest BCUT2D eigenvalue weighted by atomic mass is 16.5. The average Bonchev–Trinajstić information content (AvgIpc) is 3.24. The van der Waals surface area contributed by atoms with Crippen molar-refractivity contribution >= 4 is 17.9 Å². The number of carboxylic acids is 1. The number of esters is 1. The summed E-state index contributed by atoms with van der Waals surface area (Å²) in [6.07, 6.45) is 1.10. The zero-order chi connectivity index (χ0) is 23.5. The molecule has 0 aliphatic heterocycles. The molecule has 1 heterocycles. The summed E-state index contributed by atoms with van der Waals surface area (Å²) in [5.74, 6) is -0.316. The van der Waals surface area contributed by atoms with Crippen LogP contribution in [0.3, 0.4) is 0 Å². The van der Waals surface area contributed by atoms with E-state index in [1.54, 1.807) is 19.1 Å². The molecule has 33 heavy (non-hydrogen) atoms. The van der Waals surface area contributed by atoms with Crippen LogP contribution in [-0.2, 0) is 27.3 Å². The molecule has 0 saturated heterocycles. The van der Waals surface area contributed by atoms with Crippen molar-refractivity contribution in [3.05, 3.63) is 65.7 Å². The summed E-state index contributed by atoms with van der Waals surface area (Å²) in [6.45, 7) is 2.95. The van der Waals surface area contributed by atoms with E-state index >= 15 is 0 Å². The molecule has 2 aromatic carbocycles. The molecule has 1 aromatic heterocycles. The van der Waals surface area contributed by atoms with Gasteiger partial charge >= 0.3 is 11.9 Å². The Morgan fingerprint density at radius 2 is 1.85 bits per heavy atom. The maximum Gasteiger partial charge on any atom is 0.326 e. The second-order valence-electron chi connectivity index (χ2n) is 7.29. The Hall–Kier alpha value is -3.95. The lowest BCUT2D eigenvalue weighted by Gasteiger charge is -2.15. The minimum absolute atomic E-state index is 0.233. The van der Waals surface area contributed by atoms with Crippen molar-refractivity contribution in [2.75, 3.05) is 18.5 Å². The molecular weight excluding hydrogens is 426 g/mol. The monoisotopic (exact) mass is 453 g/mol. The van der Waals surface area contributed by atoms with Gasteiger partial charge in [-0.3, -0.25) is 4.79 Å². The fraction of sp³-hybridized carbons (Fsp3) is 0.348. The third kappa shape index (κ3) is 7.60. The van der Waals surface area contributed by atoms with Gasteiger partial charge in [-0.15, -0.1) is 0 Å². The van der Waals surface area contributed by atoms with Gasteiger partial charge in [0.15, 0.2) is 0 Å². The fourth-order valence-corrected chi connectivity index (χ4v) is 3.12. The van der Waals surface area contributed by atoms with Gasteiger partial charge < -0.3 is 19.9 Å². The Morgan fingerprint density at radius 1 is 1.09 bits per heavy atom. The van der Waals surface area contributed by atoms with Gasteiger partial charge in [0, 0.05) is 12.8 Å². The number of tetrazole rings is 1. The smallest absolute Gasteiger partial charge is 0.326 e. The van der Waals surface area contributed by atoms with Crippen molar-refractivity contribution < 1.29 is 24.2 Å². The first-order chi connectivity index (χ1) is 16.0. The summed E-state index contributed by atoms with van der Waals surface area (Å²) in [5, 5.41) is 24.2. The summed E-state index contributed by atoms with van der Waals surface area (Å²) in [5.41, 5.74) is 1.81. The van der Waals surface area contributed by atoms with E-state index in [0.717, 1.165) is 11.1 Å². The van der Waals surface area contributed by atoms with Gasteiger partial charge in [0.05, 0.1) is 19.8 Å². The van der Waals surface area contributed by atoms with E-state index in [-0.39, 0.29) is 18.3 Å². The number of rotatable bonds is 13. The molecule has 10 nitrogen and oxygen atoms in total. The lowest BCUT2D eigenvalue weighted by Crippen LogP contribution is -2.33. The van der Waals surface area contributed by atoms with Crippen LogP contribution in [0.25, 0.3) is 0 Å². The minimum Gasteiger partial charge on any atom is -0.494 e. The first-order valence-corrected chi connectivity index (χ1v) is 10.7. The number of anilines is 1. The Bertz CT molecular complexity index is 1020. The number of benzene rings is 2. The van der Waals surface area contributed by atoms with Crippen molar-refractivity contribution in [3.63, 3.8) is 0 Å². The van der Waals surface area contributed by atoms with Crippen molar-refractivity contribution in [1.82, 2.24) is 20.2 Å². The quantitative estimate of drug-likeness (QED) is 0.296. The largest absolute Gasteiger partial charge is 0.494 e. The molecule has 1 atom stereocenters. The standard InChI is InChI=1S/C23H27N5O5/c1-2-32-21(29)9-6-14-33-19-12-10-17(11-13-19)15-20(22(30)31)24-23-25-26-27-28(23)16-18-7-4-3-5-8-18/h3-5,7-8,10-13,20H,2,6,9,14-16H2,1H3,(H,30,31)(H,24,25,27)/t20-/m0/s1. The van der Waals surface area contributed by atoms with Crippen LogP contribution in [0.15, 0.2) is 54.6 Å². The van der Waals surface area contributed by atoms with Crippen LogP contribution in [0.1, 0.15) is 30.9 Å². The van der Waals surface area contributed by atoms with E-state index in [4.69, 9.17) is 9.47 Å². The van der Waals surface area contributed by atoms with Gasteiger partial charge in [-0.25, -0.2) is 9.48 Å². The number of hydrogen-bond acceptors (Lipinski definition) is 8. The molecule has 0 radical (unpaired) electrons. The molecule has 3 rings (SSSR count). The highest BCUT2D eigenvalue weighted by Gasteiger charge is 2.21. The zero-order valence-electron chi connectivity index (χ0n) is 18.4. The van der Waals surface area contributed by atoms with E-state index in [1.807, 2.05) is 42.5 Å². The number of nitrogens with zero attached hydrogens (tertiary/aromatic N) is 4. The number of nitrogens with one attached hydrogen (secondary N) is 1. The van der Waals surface area contributed by atoms with Crippen LogP contribution < -0.4 is 10.1 Å². The Kier molecular flexibility index (Phi) is 8.75. The fourth-order valence-electron chi connectivity index (χ4n) is 3.12. The van der Waals surface area contributed by atoms with E-state index in [1.165, 1.54) is 4.68 Å². The minimum atomic E-state index is -1.01. The molecular formula is C23H27N5O5. The predicted molar refractivity (Wildman–Crippen MR) is 120 cm³/mol. The Labute approximate surface area is 191 Å². The topological polar surface area (TPSA) is 128 Å². The molecule has 0 unspecified atom stereocenters. The summed E-state index contributed by atoms with van der Waals surface area (Å²) >= 11 is 0. The van der Waals surface area contributed by atoms with E-state index in [0.29, 0.717) is 38.3 Å². The van der Waals surface area contributed by atoms with Gasteiger partial charge in [0.2, 0.25) is 5.95 Å². The maximum absolute atomic E-state index is 11.8. The lowest BCUT2D eigenvalue weighted by molar-refractivity contribution is -0.143. The number of aliphatic carboxylic acids is 1. The third-order valence-corrected chi connectivity index (χ3v) is 4.77. The van der Waals surface area contributed by atoms with Crippen LogP contribution >= 0.6 is 0 Å². The molecule has 2 N–H and O–H groups in total. The number of aromatic nitrogens is 4. The number of carbonyl (C=O) groups excluding carboxylic acids is 1. The number of carbonyl (C=O) groups is 2. The number of ether oxygens (including phenoxy) is 2. The van der Waals surface area contributed by atoms with E-state index < -0.39 is 12.0 Å². The molecule has 0 fully saturated rings. The van der Waals surface area contributed by atoms with Crippen LogP contribution in [-0.4, -0.2) is 56.5 Å². The van der Waals surface area contributed by atoms with Crippen molar-refractivity contribution in [1.29, 1.82) is 0 Å². The second-order valence-corrected chi connectivity index (χ2v) is 7.29. The zero-order valence-corrected chi connectivity index (χ0v) is 18.4. The van der Waals surface area contributed by atoms with Gasteiger partial charge in [0.25, 0.3) is 0 Å². The first-order valence-electron chi connectivity index (χ1n) is 10.7. The first kappa shape index (κ1) is 23.7. The second kappa shape index (κ2) is 12.2. The molecule has 174 valence electrons. The van der Waals surface area contributed by atoms with Gasteiger partial charge in [-0.05, 0) is 47.0 Å². The Balaban J connectivity index is 1.54. The van der Waals surface area contributed by atoms with Crippen LogP contribution in [0, 0.1) is 0 Å². The number of carboxylic acid groups (broad SMARTS) is 1. The van der Waals surface area contributed by atoms with Gasteiger partial charge in [0.1, 0.15) is 11.8 Å². The predicted octanol–water partition coefficient (Wildman–Crippen LogP) is 2.55. The highest BCUT2D eigenvalue weighted by Crippen LogP contribution is 2.16. The molecule has 3 aromatic rings. The molecule has 0 aliphatic carbocycles. The normalized spacial score (nSPS) is 11.5. The lowest BCUT2D eigenvalue weighted by atomic mass is 10.1. The van der Waals surface area contributed by atoms with Crippen LogP contribution in [0.2, 0.25) is 0 Å². The summed E-state index contributed by atoms with van der Waals surface area (Å²) in [7, 11) is 0. The van der Waals surface area contributed by atoms with Crippen molar-refractivity contribution in [3.8, 4) is 5.75 Å². The molecule has 0 aliphatic rings. The van der Waals surface area contributed by atoms with Crippen molar-refractivity contribution in [2.24, 2.45) is 0 Å². The molecule has 0 saturated carbocycles. The molecule has 10 heteroatoms. The average molecular weight is 453 g/mol. The Morgan fingerprint density at radius 3 is 2.55 bits per heavy atom. The van der Waals surface area contributed by atoms with Crippen LogP contribution in [0.4, 0.5) is 5.95 Å². The third-order valence-electron chi connectivity index (χ3n) is 4.77. The SMILES string of the molecule is CCOC(=O)CCCOc1ccc(C[C@H](Nc2nnnn2Cc2ccccc2)C(=O)O)cc1. The van der Waals surface area contributed by atoms with E-state index in [2.05, 4.69) is 20.8 Å². The summed E-state index contributed by atoms with van der Waals surface area (Å²) in [6, 6.07) is 15.9. The van der Waals surface area contributed by atoms with E-state index in [9.17, 15) is 14.7 Å². The summed E-state index contributed by atoms with van der Waals surface area (Å²) < 4.78 is 12.0. The summed E-state index contributed by atoms with van der Waals surface area (Å²) in [4.78, 5) is 23.2. The van der Waals surface area contributed by atoms with Crippen molar-refractivity contribution in [2.45, 2.75) is 38.8 Å². The molecule has 0 amide bonds. The number of hydrogen-bond donors (Lipinski definition) is 2. The maximum atomic E-state index is 11.8.